The summed E-state index contributed by atoms with van der Waals surface area (Å²) in [5.41, 5.74) is 6.42. The van der Waals surface area contributed by atoms with Gasteiger partial charge in [-0.05, 0) is 18.2 Å². The van der Waals surface area contributed by atoms with E-state index in [4.69, 9.17) is 5.73 Å². The molecule has 1 aromatic carbocycles. The maximum Gasteiger partial charge on any atom is 0.243 e. The largest absolute Gasteiger partial charge is 0.386 e. The smallest absolute Gasteiger partial charge is 0.243 e. The number of amides is 1. The monoisotopic (exact) mass is 364 g/mol. The van der Waals surface area contributed by atoms with E-state index in [1.54, 1.807) is 27.0 Å². The highest BCUT2D eigenvalue weighted by Crippen LogP contribution is 2.27. The number of anilines is 2. The zero-order chi connectivity index (χ0) is 16.8. The van der Waals surface area contributed by atoms with E-state index < -0.39 is 10.0 Å². The van der Waals surface area contributed by atoms with Crippen LogP contribution in [0, 0.1) is 0 Å². The third-order valence-electron chi connectivity index (χ3n) is 3.25. The summed E-state index contributed by atoms with van der Waals surface area (Å²) in [4.78, 5) is 11.9. The van der Waals surface area contributed by atoms with E-state index in [2.05, 4.69) is 10.6 Å². The Morgan fingerprint density at radius 1 is 1.22 bits per heavy atom. The normalized spacial score (nSPS) is 11.0. The molecule has 1 amide bonds. The third-order valence-corrected chi connectivity index (χ3v) is 5.29. The van der Waals surface area contributed by atoms with Gasteiger partial charge < -0.3 is 16.4 Å². The first kappa shape index (κ1) is 21.6. The molecule has 0 atom stereocenters. The van der Waals surface area contributed by atoms with Crippen molar-refractivity contribution >= 4 is 39.7 Å². The van der Waals surface area contributed by atoms with Gasteiger partial charge in [0.15, 0.2) is 0 Å². The first-order valence-electron chi connectivity index (χ1n) is 7.22. The maximum absolute atomic E-state index is 12.5. The van der Waals surface area contributed by atoms with E-state index >= 15 is 0 Å². The quantitative estimate of drug-likeness (QED) is 0.647. The average Bonchev–Trinajstić information content (AvgIpc) is 2.48. The summed E-state index contributed by atoms with van der Waals surface area (Å²) in [7, 11) is -1.87. The number of carbonyl (C=O) groups excluding carboxylic acids is 1. The van der Waals surface area contributed by atoms with Gasteiger partial charge in [-0.25, -0.2) is 8.42 Å². The topological polar surface area (TPSA) is 105 Å². The van der Waals surface area contributed by atoms with E-state index in [-0.39, 0.29) is 36.2 Å². The Bertz CT molecular complexity index is 618. The van der Waals surface area contributed by atoms with E-state index in [1.807, 2.05) is 0 Å². The molecule has 0 aliphatic rings. The van der Waals surface area contributed by atoms with Crippen molar-refractivity contribution < 1.29 is 13.2 Å². The summed E-state index contributed by atoms with van der Waals surface area (Å²) in [5, 5.41) is 5.61. The number of sulfonamides is 1. The highest BCUT2D eigenvalue weighted by molar-refractivity contribution is 7.89. The van der Waals surface area contributed by atoms with Crippen LogP contribution in [0.5, 0.6) is 0 Å². The summed E-state index contributed by atoms with van der Waals surface area (Å²) < 4.78 is 26.4. The van der Waals surface area contributed by atoms with Gasteiger partial charge in [0.1, 0.15) is 0 Å². The Labute approximate surface area is 144 Å². The number of benzene rings is 1. The summed E-state index contributed by atoms with van der Waals surface area (Å²) in [6, 6.07) is 4.63. The molecule has 132 valence electrons. The number of halogens is 1. The summed E-state index contributed by atoms with van der Waals surface area (Å²) in [6.45, 7) is 4.58. The van der Waals surface area contributed by atoms with Crippen molar-refractivity contribution in [1.29, 1.82) is 0 Å². The number of nitrogens with zero attached hydrogens (tertiary/aromatic N) is 1. The number of rotatable bonds is 8. The van der Waals surface area contributed by atoms with Gasteiger partial charge in [-0.3, -0.25) is 4.79 Å². The van der Waals surface area contributed by atoms with Crippen LogP contribution in [0.2, 0.25) is 0 Å². The van der Waals surface area contributed by atoms with Crippen LogP contribution in [0.4, 0.5) is 11.4 Å². The van der Waals surface area contributed by atoms with Crippen LogP contribution < -0.4 is 16.4 Å². The Balaban J connectivity index is 0.00000484. The Hall–Kier alpha value is -1.35. The molecule has 4 N–H and O–H groups in total. The van der Waals surface area contributed by atoms with Crippen molar-refractivity contribution in [3.05, 3.63) is 18.2 Å². The molecule has 7 nitrogen and oxygen atoms in total. The minimum Gasteiger partial charge on any atom is -0.386 e. The first-order chi connectivity index (χ1) is 10.4. The summed E-state index contributed by atoms with van der Waals surface area (Å²) in [6.07, 6.45) is 0.177. The molecule has 1 aromatic rings. The number of nitrogens with two attached hydrogens (primary N) is 1. The Kier molecular flexibility index (Phi) is 9.14. The average molecular weight is 365 g/mol. The molecule has 0 radical (unpaired) electrons. The van der Waals surface area contributed by atoms with Crippen molar-refractivity contribution in [3.8, 4) is 0 Å². The molecule has 0 aliphatic carbocycles. The van der Waals surface area contributed by atoms with Crippen LogP contribution >= 0.6 is 12.4 Å². The van der Waals surface area contributed by atoms with Crippen LogP contribution in [0.1, 0.15) is 20.3 Å². The van der Waals surface area contributed by atoms with Gasteiger partial charge in [-0.15, -0.1) is 12.4 Å². The lowest BCUT2D eigenvalue weighted by Gasteiger charge is -2.20. The number of hydrogen-bond acceptors (Lipinski definition) is 5. The molecule has 0 heterocycles. The van der Waals surface area contributed by atoms with Gasteiger partial charge in [0.2, 0.25) is 15.9 Å². The summed E-state index contributed by atoms with van der Waals surface area (Å²) >= 11 is 0. The fourth-order valence-corrected chi connectivity index (χ4v) is 3.55. The predicted octanol–water partition coefficient (Wildman–Crippen LogP) is 1.47. The lowest BCUT2D eigenvalue weighted by molar-refractivity contribution is -0.116. The number of carbonyl (C=O) groups is 1. The second-order valence-corrected chi connectivity index (χ2v) is 6.57. The van der Waals surface area contributed by atoms with E-state index in [0.29, 0.717) is 24.5 Å². The van der Waals surface area contributed by atoms with Gasteiger partial charge in [0, 0.05) is 33.1 Å². The Morgan fingerprint density at radius 2 is 1.83 bits per heavy atom. The van der Waals surface area contributed by atoms with Crippen LogP contribution in [0.15, 0.2) is 23.1 Å². The van der Waals surface area contributed by atoms with Gasteiger partial charge in [0.05, 0.1) is 16.3 Å². The van der Waals surface area contributed by atoms with Crippen molar-refractivity contribution in [3.63, 3.8) is 0 Å². The van der Waals surface area contributed by atoms with Gasteiger partial charge in [-0.1, -0.05) is 13.8 Å². The molecule has 9 heteroatoms. The third kappa shape index (κ3) is 5.35. The van der Waals surface area contributed by atoms with E-state index in [0.717, 1.165) is 0 Å². The van der Waals surface area contributed by atoms with Gasteiger partial charge in [0.25, 0.3) is 0 Å². The van der Waals surface area contributed by atoms with Crippen LogP contribution in [-0.4, -0.2) is 45.3 Å². The summed E-state index contributed by atoms with van der Waals surface area (Å²) in [5.74, 6) is -0.253. The standard InChI is InChI=1S/C14H24N4O3S.ClH/c1-4-18(5-2)22(20,21)11-6-7-12(16-3)13(10-11)17-14(19)8-9-15;/h6-7,10,16H,4-5,8-9,15H2,1-3H3,(H,17,19);1H. The van der Waals surface area contributed by atoms with Crippen LogP contribution in [0.25, 0.3) is 0 Å². The first-order valence-corrected chi connectivity index (χ1v) is 8.66. The van der Waals surface area contributed by atoms with Crippen molar-refractivity contribution in [1.82, 2.24) is 4.31 Å². The van der Waals surface area contributed by atoms with Gasteiger partial charge >= 0.3 is 0 Å². The second-order valence-electron chi connectivity index (χ2n) is 4.63. The molecule has 0 fully saturated rings. The number of hydrogen-bond donors (Lipinski definition) is 3. The Morgan fingerprint density at radius 3 is 2.30 bits per heavy atom. The molecule has 0 aliphatic heterocycles. The van der Waals surface area contributed by atoms with Crippen molar-refractivity contribution in [2.75, 3.05) is 37.3 Å². The van der Waals surface area contributed by atoms with Crippen molar-refractivity contribution in [2.24, 2.45) is 5.73 Å². The second kappa shape index (κ2) is 9.71. The zero-order valence-electron chi connectivity index (χ0n) is 13.6. The molecule has 0 unspecified atom stereocenters. The number of nitrogens with one attached hydrogen (secondary N) is 2. The van der Waals surface area contributed by atoms with E-state index in [9.17, 15) is 13.2 Å². The molecule has 0 bridgehead atoms. The molecule has 1 rings (SSSR count). The highest BCUT2D eigenvalue weighted by atomic mass is 35.5. The van der Waals surface area contributed by atoms with Crippen LogP contribution in [0.3, 0.4) is 0 Å². The fraction of sp³-hybridized carbons (Fsp3) is 0.500. The lowest BCUT2D eigenvalue weighted by atomic mass is 10.2. The zero-order valence-corrected chi connectivity index (χ0v) is 15.3. The molecule has 0 aromatic heterocycles. The molecular weight excluding hydrogens is 340 g/mol. The molecule has 0 saturated carbocycles. The fourth-order valence-electron chi connectivity index (χ4n) is 2.06. The molecular formula is C14H25ClN4O3S. The van der Waals surface area contributed by atoms with Crippen molar-refractivity contribution in [2.45, 2.75) is 25.2 Å². The molecule has 0 saturated heterocycles. The van der Waals surface area contributed by atoms with E-state index in [1.165, 1.54) is 16.4 Å². The maximum atomic E-state index is 12.5. The molecule has 23 heavy (non-hydrogen) atoms. The minimum atomic E-state index is -3.57. The van der Waals surface area contributed by atoms with Crippen LogP contribution in [-0.2, 0) is 14.8 Å². The minimum absolute atomic E-state index is 0. The lowest BCUT2D eigenvalue weighted by Crippen LogP contribution is -2.30. The highest BCUT2D eigenvalue weighted by Gasteiger charge is 2.22. The van der Waals surface area contributed by atoms with Gasteiger partial charge in [-0.2, -0.15) is 4.31 Å². The predicted molar refractivity (Wildman–Crippen MR) is 95.6 cm³/mol. The molecule has 0 spiro atoms. The SMILES string of the molecule is CCN(CC)S(=O)(=O)c1ccc(NC)c(NC(=O)CCN)c1.Cl.